The fourth-order valence-electron chi connectivity index (χ4n) is 1.54. The highest BCUT2D eigenvalue weighted by Gasteiger charge is 2.09. The third kappa shape index (κ3) is 4.73. The van der Waals surface area contributed by atoms with E-state index in [4.69, 9.17) is 20.3 Å². The van der Waals surface area contributed by atoms with Gasteiger partial charge in [-0.3, -0.25) is 0 Å². The fraction of sp³-hybridized carbons (Fsp3) is 0.538. The van der Waals surface area contributed by atoms with Crippen LogP contribution >= 0.6 is 0 Å². The van der Waals surface area contributed by atoms with Gasteiger partial charge in [0.15, 0.2) is 0 Å². The van der Waals surface area contributed by atoms with E-state index in [1.165, 1.54) is 0 Å². The highest BCUT2D eigenvalue weighted by atomic mass is 16.5. The van der Waals surface area contributed by atoms with Crippen LogP contribution in [0, 0.1) is 0 Å². The number of ether oxygens (including phenoxy) is 2. The van der Waals surface area contributed by atoms with E-state index in [1.807, 2.05) is 31.2 Å². The van der Waals surface area contributed by atoms with Gasteiger partial charge >= 0.3 is 0 Å². The molecule has 0 aliphatic heterocycles. The molecule has 1 atom stereocenters. The van der Waals surface area contributed by atoms with Crippen LogP contribution < -0.4 is 10.5 Å². The highest BCUT2D eigenvalue weighted by molar-refractivity contribution is 5.28. The first-order valence-electron chi connectivity index (χ1n) is 5.97. The SMILES string of the molecule is CCOc1ccc(C(CN)OCCCO)cc1. The summed E-state index contributed by atoms with van der Waals surface area (Å²) >= 11 is 0. The topological polar surface area (TPSA) is 64.7 Å². The van der Waals surface area contributed by atoms with Gasteiger partial charge in [0.05, 0.1) is 12.7 Å². The smallest absolute Gasteiger partial charge is 0.119 e. The molecule has 4 heteroatoms. The maximum atomic E-state index is 8.69. The molecule has 1 unspecified atom stereocenters. The van der Waals surface area contributed by atoms with Gasteiger partial charge in [-0.1, -0.05) is 12.1 Å². The molecule has 0 aliphatic carbocycles. The molecule has 0 fully saturated rings. The number of hydrogen-bond donors (Lipinski definition) is 2. The van der Waals surface area contributed by atoms with Crippen molar-refractivity contribution in [2.75, 3.05) is 26.4 Å². The largest absolute Gasteiger partial charge is 0.494 e. The average molecular weight is 239 g/mol. The summed E-state index contributed by atoms with van der Waals surface area (Å²) < 4.78 is 11.0. The highest BCUT2D eigenvalue weighted by Crippen LogP contribution is 2.20. The Morgan fingerprint density at radius 3 is 2.53 bits per heavy atom. The zero-order valence-corrected chi connectivity index (χ0v) is 10.3. The number of hydrogen-bond acceptors (Lipinski definition) is 4. The maximum absolute atomic E-state index is 8.69. The Morgan fingerprint density at radius 1 is 1.29 bits per heavy atom. The molecule has 0 bridgehead atoms. The fourth-order valence-corrected chi connectivity index (χ4v) is 1.54. The van der Waals surface area contributed by atoms with Gasteiger partial charge in [-0.25, -0.2) is 0 Å². The van der Waals surface area contributed by atoms with E-state index < -0.39 is 0 Å². The van der Waals surface area contributed by atoms with Crippen molar-refractivity contribution in [1.29, 1.82) is 0 Å². The van der Waals surface area contributed by atoms with Crippen LogP contribution in [0.5, 0.6) is 5.75 Å². The van der Waals surface area contributed by atoms with Crippen molar-refractivity contribution < 1.29 is 14.6 Å². The van der Waals surface area contributed by atoms with Crippen molar-refractivity contribution in [3.63, 3.8) is 0 Å². The van der Waals surface area contributed by atoms with Crippen molar-refractivity contribution in [2.24, 2.45) is 5.73 Å². The van der Waals surface area contributed by atoms with Gasteiger partial charge in [-0.05, 0) is 31.0 Å². The number of rotatable bonds is 8. The molecule has 0 saturated heterocycles. The summed E-state index contributed by atoms with van der Waals surface area (Å²) in [5.41, 5.74) is 6.70. The molecule has 0 spiro atoms. The Morgan fingerprint density at radius 2 is 2.00 bits per heavy atom. The lowest BCUT2D eigenvalue weighted by atomic mass is 10.1. The minimum Gasteiger partial charge on any atom is -0.494 e. The Labute approximate surface area is 102 Å². The molecule has 0 radical (unpaired) electrons. The molecule has 0 aromatic heterocycles. The lowest BCUT2D eigenvalue weighted by Crippen LogP contribution is -2.16. The summed E-state index contributed by atoms with van der Waals surface area (Å²) in [5, 5.41) is 8.69. The van der Waals surface area contributed by atoms with Crippen LogP contribution in [-0.2, 0) is 4.74 Å². The number of aliphatic hydroxyl groups excluding tert-OH is 1. The molecule has 1 rings (SSSR count). The standard InChI is InChI=1S/C13H21NO3/c1-2-16-12-6-4-11(5-7-12)13(10-14)17-9-3-8-15/h4-7,13,15H,2-3,8-10,14H2,1H3. The van der Waals surface area contributed by atoms with Gasteiger partial charge in [0.1, 0.15) is 5.75 Å². The van der Waals surface area contributed by atoms with E-state index in [2.05, 4.69) is 0 Å². The summed E-state index contributed by atoms with van der Waals surface area (Å²) in [4.78, 5) is 0. The number of benzene rings is 1. The van der Waals surface area contributed by atoms with E-state index >= 15 is 0 Å². The predicted octanol–water partition coefficient (Wildman–Crippen LogP) is 1.48. The molecule has 0 saturated carbocycles. The lowest BCUT2D eigenvalue weighted by molar-refractivity contribution is 0.0488. The van der Waals surface area contributed by atoms with Crippen molar-refractivity contribution in [1.82, 2.24) is 0 Å². The number of aliphatic hydroxyl groups is 1. The maximum Gasteiger partial charge on any atom is 0.119 e. The molecule has 4 nitrogen and oxygen atoms in total. The average Bonchev–Trinajstić information content (AvgIpc) is 2.36. The van der Waals surface area contributed by atoms with E-state index in [1.54, 1.807) is 0 Å². The monoisotopic (exact) mass is 239 g/mol. The van der Waals surface area contributed by atoms with E-state index in [9.17, 15) is 0 Å². The zero-order chi connectivity index (χ0) is 12.5. The minimum atomic E-state index is -0.114. The third-order valence-electron chi connectivity index (χ3n) is 2.40. The summed E-state index contributed by atoms with van der Waals surface area (Å²) in [6.45, 7) is 3.70. The van der Waals surface area contributed by atoms with Gasteiger partial charge in [0.25, 0.3) is 0 Å². The molecule has 1 aromatic carbocycles. The summed E-state index contributed by atoms with van der Waals surface area (Å²) in [6.07, 6.45) is 0.519. The van der Waals surface area contributed by atoms with E-state index in [0.717, 1.165) is 11.3 Å². The van der Waals surface area contributed by atoms with Gasteiger partial charge in [0.2, 0.25) is 0 Å². The second-order valence-electron chi connectivity index (χ2n) is 3.67. The molecule has 96 valence electrons. The molecule has 0 heterocycles. The molecule has 17 heavy (non-hydrogen) atoms. The first-order chi connectivity index (χ1) is 8.31. The van der Waals surface area contributed by atoms with Crippen molar-refractivity contribution >= 4 is 0 Å². The van der Waals surface area contributed by atoms with Crippen molar-refractivity contribution in [2.45, 2.75) is 19.4 Å². The van der Waals surface area contributed by atoms with Crippen LogP contribution in [-0.4, -0.2) is 31.5 Å². The van der Waals surface area contributed by atoms with Gasteiger partial charge in [-0.15, -0.1) is 0 Å². The van der Waals surface area contributed by atoms with E-state index in [0.29, 0.717) is 26.2 Å². The molecular formula is C13H21NO3. The first-order valence-corrected chi connectivity index (χ1v) is 5.97. The Bertz CT molecular complexity index is 300. The molecule has 1 aromatic rings. The second-order valence-corrected chi connectivity index (χ2v) is 3.67. The normalized spacial score (nSPS) is 12.4. The third-order valence-corrected chi connectivity index (χ3v) is 2.40. The first kappa shape index (κ1) is 14.0. The van der Waals surface area contributed by atoms with E-state index in [-0.39, 0.29) is 12.7 Å². The molecule has 3 N–H and O–H groups in total. The number of nitrogens with two attached hydrogens (primary N) is 1. The second kappa shape index (κ2) is 8.06. The predicted molar refractivity (Wildman–Crippen MR) is 67.1 cm³/mol. The summed E-state index contributed by atoms with van der Waals surface area (Å²) in [7, 11) is 0. The quantitative estimate of drug-likeness (QED) is 0.674. The molecule has 0 aliphatic rings. The van der Waals surface area contributed by atoms with Gasteiger partial charge in [-0.2, -0.15) is 0 Å². The van der Waals surface area contributed by atoms with Crippen molar-refractivity contribution in [3.8, 4) is 5.75 Å². The minimum absolute atomic E-state index is 0.114. The van der Waals surface area contributed by atoms with Crippen LogP contribution in [0.15, 0.2) is 24.3 Å². The Kier molecular flexibility index (Phi) is 6.62. The van der Waals surface area contributed by atoms with Crippen LogP contribution in [0.4, 0.5) is 0 Å². The van der Waals surface area contributed by atoms with Crippen LogP contribution in [0.3, 0.4) is 0 Å². The van der Waals surface area contributed by atoms with Crippen molar-refractivity contribution in [3.05, 3.63) is 29.8 Å². The van der Waals surface area contributed by atoms with Crippen LogP contribution in [0.1, 0.15) is 25.0 Å². The molecule has 0 amide bonds. The van der Waals surface area contributed by atoms with Gasteiger partial charge < -0.3 is 20.3 Å². The lowest BCUT2D eigenvalue weighted by Gasteiger charge is -2.16. The zero-order valence-electron chi connectivity index (χ0n) is 10.3. The van der Waals surface area contributed by atoms with Crippen LogP contribution in [0.2, 0.25) is 0 Å². The summed E-state index contributed by atoms with van der Waals surface area (Å²) in [5.74, 6) is 0.849. The van der Waals surface area contributed by atoms with Gasteiger partial charge in [0, 0.05) is 19.8 Å². The Hall–Kier alpha value is -1.10. The van der Waals surface area contributed by atoms with Crippen LogP contribution in [0.25, 0.3) is 0 Å². The Balaban J connectivity index is 2.55. The summed E-state index contributed by atoms with van der Waals surface area (Å²) in [6, 6.07) is 7.75. The molecular weight excluding hydrogens is 218 g/mol.